The molecule has 0 saturated carbocycles. The first kappa shape index (κ1) is 15.8. The van der Waals surface area contributed by atoms with E-state index in [9.17, 15) is 0 Å². The maximum absolute atomic E-state index is 8.68. The fraction of sp³-hybridized carbons (Fsp3) is 0.462. The molecule has 4 heteroatoms. The minimum Gasteiger partial charge on any atom is -0.326 e. The van der Waals surface area contributed by atoms with Crippen LogP contribution in [0, 0.1) is 16.7 Å². The van der Waals surface area contributed by atoms with Gasteiger partial charge >= 0.3 is 0 Å². The van der Waals surface area contributed by atoms with Gasteiger partial charge < -0.3 is 5.43 Å². The Kier molecular flexibility index (Phi) is 7.44. The van der Waals surface area contributed by atoms with Gasteiger partial charge in [-0.15, -0.1) is 0 Å². The highest BCUT2D eigenvalue weighted by Gasteiger charge is 2.18. The molecule has 0 aliphatic rings. The molecule has 0 rings (SSSR count). The van der Waals surface area contributed by atoms with Crippen LogP contribution >= 0.6 is 12.6 Å². The van der Waals surface area contributed by atoms with Gasteiger partial charge in [0.1, 0.15) is 0 Å². The summed E-state index contributed by atoms with van der Waals surface area (Å²) in [7, 11) is 0. The van der Waals surface area contributed by atoms with Crippen molar-refractivity contribution in [2.24, 2.45) is 5.41 Å². The van der Waals surface area contributed by atoms with Gasteiger partial charge in [0.05, 0.1) is 6.07 Å². The summed E-state index contributed by atoms with van der Waals surface area (Å²) in [5.41, 5.74) is 7.86. The van der Waals surface area contributed by atoms with Crippen molar-refractivity contribution in [2.45, 2.75) is 26.7 Å². The number of allylic oxidation sites excluding steroid dienone is 1. The molecule has 0 bridgehead atoms. The van der Waals surface area contributed by atoms with Crippen LogP contribution in [0.4, 0.5) is 0 Å². The average Bonchev–Trinajstić information content (AvgIpc) is 2.23. The van der Waals surface area contributed by atoms with Gasteiger partial charge in [0.25, 0.3) is 0 Å². The number of nitrogens with one attached hydrogen (secondary N) is 2. The summed E-state index contributed by atoms with van der Waals surface area (Å²) in [6.07, 6.45) is 3.01. The van der Waals surface area contributed by atoms with Crippen molar-refractivity contribution in [3.8, 4) is 6.07 Å². The molecule has 0 radical (unpaired) electrons. The van der Waals surface area contributed by atoms with Crippen molar-refractivity contribution >= 4 is 12.6 Å². The third kappa shape index (κ3) is 7.67. The highest BCUT2D eigenvalue weighted by Crippen LogP contribution is 2.26. The van der Waals surface area contributed by atoms with E-state index < -0.39 is 0 Å². The van der Waals surface area contributed by atoms with Crippen LogP contribution in [0.1, 0.15) is 26.7 Å². The van der Waals surface area contributed by atoms with Crippen molar-refractivity contribution in [1.29, 1.82) is 5.26 Å². The van der Waals surface area contributed by atoms with Crippen LogP contribution in [0.5, 0.6) is 0 Å². The predicted octanol–water partition coefficient (Wildman–Crippen LogP) is 2.92. The van der Waals surface area contributed by atoms with Gasteiger partial charge in [0, 0.05) is 18.7 Å². The number of thiol groups is 1. The fourth-order valence-corrected chi connectivity index (χ4v) is 1.54. The maximum atomic E-state index is 8.68. The molecule has 0 aliphatic heterocycles. The van der Waals surface area contributed by atoms with Crippen LogP contribution < -0.4 is 10.9 Å². The van der Waals surface area contributed by atoms with Crippen LogP contribution in [-0.2, 0) is 0 Å². The summed E-state index contributed by atoms with van der Waals surface area (Å²) in [6.45, 7) is 12.3. The smallest absolute Gasteiger partial charge is 0.0627 e. The molecule has 3 nitrogen and oxygen atoms in total. The molecule has 0 aromatic carbocycles. The molecule has 0 amide bonds. The third-order valence-electron chi connectivity index (χ3n) is 2.24. The van der Waals surface area contributed by atoms with E-state index in [0.717, 1.165) is 17.7 Å². The number of rotatable bonds is 8. The summed E-state index contributed by atoms with van der Waals surface area (Å²) in [6, 6.07) is 2.18. The number of nitriles is 1. The first-order valence-electron chi connectivity index (χ1n) is 5.44. The zero-order chi connectivity index (χ0) is 13.3. The Labute approximate surface area is 110 Å². The lowest BCUT2D eigenvalue weighted by molar-refractivity contribution is 0.358. The lowest BCUT2D eigenvalue weighted by Crippen LogP contribution is -2.33. The molecule has 0 spiro atoms. The largest absolute Gasteiger partial charge is 0.326 e. The molecule has 0 heterocycles. The molecule has 94 valence electrons. The van der Waals surface area contributed by atoms with Gasteiger partial charge in [-0.2, -0.15) is 17.9 Å². The topological polar surface area (TPSA) is 47.8 Å². The molecule has 0 saturated heterocycles. The molecule has 2 N–H and O–H groups in total. The lowest BCUT2D eigenvalue weighted by Gasteiger charge is -2.23. The van der Waals surface area contributed by atoms with Gasteiger partial charge in [-0.1, -0.05) is 33.1 Å². The van der Waals surface area contributed by atoms with Crippen molar-refractivity contribution in [2.75, 3.05) is 6.54 Å². The molecule has 0 unspecified atom stereocenters. The van der Waals surface area contributed by atoms with Gasteiger partial charge in [0.2, 0.25) is 0 Å². The average molecular weight is 251 g/mol. The molecule has 0 aliphatic carbocycles. The van der Waals surface area contributed by atoms with Crippen LogP contribution in [0.25, 0.3) is 0 Å². The minimum atomic E-state index is -0.0544. The second kappa shape index (κ2) is 7.99. The van der Waals surface area contributed by atoms with Crippen molar-refractivity contribution in [1.82, 2.24) is 10.9 Å². The Balaban J connectivity index is 3.97. The standard InChI is InChI=1S/C13H21N3S/c1-5-12(10-17)9-15-16-11(2)8-13(3,4)6-7-14/h5,10,15-17H,1-2,6,8-9H2,3-4H3/b12-10+. The quantitative estimate of drug-likeness (QED) is 0.353. The Hall–Kier alpha value is -1.18. The highest BCUT2D eigenvalue weighted by atomic mass is 32.1. The fourth-order valence-electron chi connectivity index (χ4n) is 1.34. The normalized spacial score (nSPS) is 11.8. The first-order chi connectivity index (χ1) is 7.95. The summed E-state index contributed by atoms with van der Waals surface area (Å²) in [5, 5.41) is 10.4. The number of nitrogens with zero attached hydrogens (tertiary/aromatic N) is 1. The summed E-state index contributed by atoms with van der Waals surface area (Å²) in [5.74, 6) is 0. The van der Waals surface area contributed by atoms with Crippen LogP contribution in [0.2, 0.25) is 0 Å². The highest BCUT2D eigenvalue weighted by molar-refractivity contribution is 7.83. The van der Waals surface area contributed by atoms with E-state index in [2.05, 4.69) is 42.7 Å². The summed E-state index contributed by atoms with van der Waals surface area (Å²) < 4.78 is 0. The molecule has 0 atom stereocenters. The van der Waals surface area contributed by atoms with E-state index >= 15 is 0 Å². The molecule has 0 fully saturated rings. The third-order valence-corrected chi connectivity index (χ3v) is 2.57. The Morgan fingerprint density at radius 1 is 1.53 bits per heavy atom. The second-order valence-electron chi connectivity index (χ2n) is 4.67. The van der Waals surface area contributed by atoms with Crippen molar-refractivity contribution in [3.63, 3.8) is 0 Å². The molecule has 17 heavy (non-hydrogen) atoms. The van der Waals surface area contributed by atoms with Crippen LogP contribution in [0.3, 0.4) is 0 Å². The predicted molar refractivity (Wildman–Crippen MR) is 76.2 cm³/mol. The van der Waals surface area contributed by atoms with Gasteiger partial charge in [-0.3, -0.25) is 0 Å². The second-order valence-corrected chi connectivity index (χ2v) is 4.92. The van der Waals surface area contributed by atoms with Crippen LogP contribution in [0.15, 0.2) is 35.9 Å². The van der Waals surface area contributed by atoms with E-state index in [1.807, 2.05) is 13.8 Å². The first-order valence-corrected chi connectivity index (χ1v) is 5.96. The molecular formula is C13H21N3S. The van der Waals surface area contributed by atoms with E-state index in [-0.39, 0.29) is 5.41 Å². The SMILES string of the molecule is C=C/C(=C\S)CNNC(=C)CC(C)(C)CC#N. The van der Waals surface area contributed by atoms with Gasteiger partial charge in [0.15, 0.2) is 0 Å². The zero-order valence-electron chi connectivity index (χ0n) is 10.6. The Morgan fingerprint density at radius 2 is 2.18 bits per heavy atom. The van der Waals surface area contributed by atoms with Gasteiger partial charge in [-0.05, 0) is 22.8 Å². The minimum absolute atomic E-state index is 0.0544. The van der Waals surface area contributed by atoms with Crippen molar-refractivity contribution < 1.29 is 0 Å². The van der Waals surface area contributed by atoms with E-state index in [4.69, 9.17) is 5.26 Å². The Morgan fingerprint density at radius 3 is 2.65 bits per heavy atom. The lowest BCUT2D eigenvalue weighted by atomic mass is 9.85. The maximum Gasteiger partial charge on any atom is 0.0627 e. The van der Waals surface area contributed by atoms with Crippen LogP contribution in [-0.4, -0.2) is 6.54 Å². The van der Waals surface area contributed by atoms with Gasteiger partial charge in [-0.25, -0.2) is 5.43 Å². The Bertz CT molecular complexity index is 337. The molecular weight excluding hydrogens is 230 g/mol. The van der Waals surface area contributed by atoms with E-state index in [0.29, 0.717) is 13.0 Å². The molecule has 0 aromatic rings. The number of hydrazine groups is 1. The van der Waals surface area contributed by atoms with E-state index in [1.54, 1.807) is 11.5 Å². The summed E-state index contributed by atoms with van der Waals surface area (Å²) >= 11 is 4.06. The summed E-state index contributed by atoms with van der Waals surface area (Å²) in [4.78, 5) is 0. The number of hydrogen-bond acceptors (Lipinski definition) is 4. The van der Waals surface area contributed by atoms with Crippen molar-refractivity contribution in [3.05, 3.63) is 35.9 Å². The monoisotopic (exact) mass is 251 g/mol. The zero-order valence-corrected chi connectivity index (χ0v) is 11.5. The number of hydrogen-bond donors (Lipinski definition) is 3. The molecule has 0 aromatic heterocycles. The van der Waals surface area contributed by atoms with E-state index in [1.165, 1.54) is 0 Å².